The molecule has 0 spiro atoms. The molecule has 0 aliphatic rings. The lowest BCUT2D eigenvalue weighted by molar-refractivity contribution is 0.620. The molecule has 0 atom stereocenters. The fourth-order valence-electron chi connectivity index (χ4n) is 7.75. The molecule has 54 heavy (non-hydrogen) atoms. The van der Waals surface area contributed by atoms with Gasteiger partial charge in [-0.25, -0.2) is 4.98 Å². The van der Waals surface area contributed by atoms with Crippen LogP contribution >= 0.6 is 11.3 Å². The number of anilines is 3. The van der Waals surface area contributed by atoms with E-state index in [9.17, 15) is 0 Å². The van der Waals surface area contributed by atoms with Crippen LogP contribution < -0.4 is 4.90 Å². The number of nitrogens with zero attached hydrogens (tertiary/aromatic N) is 2. The lowest BCUT2D eigenvalue weighted by Crippen LogP contribution is -2.10. The van der Waals surface area contributed by atoms with Crippen molar-refractivity contribution in [1.82, 2.24) is 4.98 Å². The van der Waals surface area contributed by atoms with Crippen molar-refractivity contribution in [3.05, 3.63) is 182 Å². The highest BCUT2D eigenvalue weighted by Gasteiger charge is 2.21. The first-order chi connectivity index (χ1) is 26.7. The van der Waals surface area contributed by atoms with E-state index in [1.54, 1.807) is 0 Å². The van der Waals surface area contributed by atoms with Crippen molar-refractivity contribution < 1.29 is 8.83 Å². The van der Waals surface area contributed by atoms with E-state index >= 15 is 0 Å². The molecule has 0 unspecified atom stereocenters. The first-order valence-electron chi connectivity index (χ1n) is 18.0. The number of benzene rings is 8. The van der Waals surface area contributed by atoms with Gasteiger partial charge in [-0.3, -0.25) is 0 Å². The molecule has 11 rings (SSSR count). The van der Waals surface area contributed by atoms with Crippen LogP contribution in [0.25, 0.3) is 86.9 Å². The fourth-order valence-corrected chi connectivity index (χ4v) is 8.84. The van der Waals surface area contributed by atoms with E-state index < -0.39 is 0 Å². The normalized spacial score (nSPS) is 11.7. The van der Waals surface area contributed by atoms with Gasteiger partial charge >= 0.3 is 0 Å². The number of rotatable bonds is 6. The van der Waals surface area contributed by atoms with E-state index in [-0.39, 0.29) is 0 Å². The van der Waals surface area contributed by atoms with Gasteiger partial charge in [0, 0.05) is 53.6 Å². The van der Waals surface area contributed by atoms with Crippen LogP contribution in [0.3, 0.4) is 0 Å². The predicted octanol–water partition coefficient (Wildman–Crippen LogP) is 14.6. The van der Waals surface area contributed by atoms with Gasteiger partial charge in [-0.2, -0.15) is 0 Å². The van der Waals surface area contributed by atoms with E-state index in [4.69, 9.17) is 13.8 Å². The smallest absolute Gasteiger partial charge is 0.228 e. The molecule has 0 aliphatic carbocycles. The monoisotopic (exact) mass is 710 g/mol. The zero-order valence-electron chi connectivity index (χ0n) is 28.9. The number of oxazole rings is 1. The number of thiophene rings is 1. The van der Waals surface area contributed by atoms with Gasteiger partial charge in [0.1, 0.15) is 16.7 Å². The summed E-state index contributed by atoms with van der Waals surface area (Å²) in [6.07, 6.45) is 0. The van der Waals surface area contributed by atoms with Crippen molar-refractivity contribution >= 4 is 81.6 Å². The molecule has 0 aliphatic heterocycles. The molecule has 8 aromatic carbocycles. The van der Waals surface area contributed by atoms with E-state index in [2.05, 4.69) is 150 Å². The van der Waals surface area contributed by atoms with Gasteiger partial charge < -0.3 is 13.7 Å². The van der Waals surface area contributed by atoms with Crippen LogP contribution in [0, 0.1) is 0 Å². The number of hydrogen-bond donors (Lipinski definition) is 0. The number of aromatic nitrogens is 1. The first-order valence-corrected chi connectivity index (χ1v) is 18.8. The Morgan fingerprint density at radius 1 is 0.407 bits per heavy atom. The standard InChI is InChI=1S/C49H30N2O2S/c1-2-11-31(12-3-1)32-13-8-14-33(27-32)34-15-9-16-35(28-34)51(37-24-26-47-40(29-37)38-17-4-7-22-46(38)54-47)36-23-25-43-41(30-36)48-39(18-10-21-45(48)52-43)49-50-42-19-5-6-20-44(42)53-49/h1-30H. The predicted molar refractivity (Wildman–Crippen MR) is 225 cm³/mol. The summed E-state index contributed by atoms with van der Waals surface area (Å²) in [5, 5.41) is 4.49. The van der Waals surface area contributed by atoms with E-state index in [1.165, 1.54) is 31.3 Å². The molecule has 11 aromatic rings. The third-order valence-corrected chi connectivity index (χ3v) is 11.4. The molecule has 0 saturated heterocycles. The van der Waals surface area contributed by atoms with Crippen molar-refractivity contribution in [2.75, 3.05) is 4.90 Å². The van der Waals surface area contributed by atoms with Gasteiger partial charge in [-0.05, 0) is 107 Å². The SMILES string of the molecule is c1ccc(-c2cccc(-c3cccc(N(c4ccc5sc6ccccc6c5c4)c4ccc5oc6cccc(-c7nc8ccccc8o7)c6c5c4)c3)c2)cc1. The zero-order chi connectivity index (χ0) is 35.6. The van der Waals surface area contributed by atoms with Crippen LogP contribution in [0.1, 0.15) is 0 Å². The fraction of sp³-hybridized carbons (Fsp3) is 0. The van der Waals surface area contributed by atoms with Gasteiger partial charge in [0.05, 0.1) is 0 Å². The molecule has 0 N–H and O–H groups in total. The summed E-state index contributed by atoms with van der Waals surface area (Å²) >= 11 is 1.83. The Morgan fingerprint density at radius 3 is 1.94 bits per heavy atom. The number of para-hydroxylation sites is 2. The van der Waals surface area contributed by atoms with Crippen molar-refractivity contribution in [2.24, 2.45) is 0 Å². The molecular weight excluding hydrogens is 681 g/mol. The van der Waals surface area contributed by atoms with Crippen LogP contribution in [0.5, 0.6) is 0 Å². The first kappa shape index (κ1) is 30.7. The average molecular weight is 711 g/mol. The van der Waals surface area contributed by atoms with Gasteiger partial charge in [0.15, 0.2) is 5.58 Å². The van der Waals surface area contributed by atoms with Gasteiger partial charge in [-0.15, -0.1) is 11.3 Å². The molecule has 3 heterocycles. The molecule has 0 saturated carbocycles. The number of furan rings is 1. The van der Waals surface area contributed by atoms with Gasteiger partial charge in [-0.1, -0.05) is 97.1 Å². The minimum Gasteiger partial charge on any atom is -0.456 e. The lowest BCUT2D eigenvalue weighted by Gasteiger charge is -2.26. The summed E-state index contributed by atoms with van der Waals surface area (Å²) in [5.41, 5.74) is 11.9. The molecule has 254 valence electrons. The van der Waals surface area contributed by atoms with Gasteiger partial charge in [0.2, 0.25) is 5.89 Å². The van der Waals surface area contributed by atoms with Crippen LogP contribution in [-0.4, -0.2) is 4.98 Å². The summed E-state index contributed by atoms with van der Waals surface area (Å²) in [6, 6.07) is 64.1. The summed E-state index contributed by atoms with van der Waals surface area (Å²) in [6.45, 7) is 0. The summed E-state index contributed by atoms with van der Waals surface area (Å²) in [7, 11) is 0. The maximum atomic E-state index is 6.47. The Labute approximate surface area is 314 Å². The quantitative estimate of drug-likeness (QED) is 0.172. The minimum atomic E-state index is 0.576. The topological polar surface area (TPSA) is 42.4 Å². The highest BCUT2D eigenvalue weighted by Crippen LogP contribution is 2.44. The van der Waals surface area contributed by atoms with Crippen molar-refractivity contribution in [3.63, 3.8) is 0 Å². The number of fused-ring (bicyclic) bond motifs is 7. The van der Waals surface area contributed by atoms with E-state index in [1.807, 2.05) is 47.7 Å². The second-order valence-corrected chi connectivity index (χ2v) is 14.6. The Kier molecular flexibility index (Phi) is 7.00. The third-order valence-electron chi connectivity index (χ3n) is 10.3. The van der Waals surface area contributed by atoms with Crippen molar-refractivity contribution in [2.45, 2.75) is 0 Å². The summed E-state index contributed by atoms with van der Waals surface area (Å²) in [4.78, 5) is 7.22. The highest BCUT2D eigenvalue weighted by molar-refractivity contribution is 7.25. The maximum absolute atomic E-state index is 6.47. The Morgan fingerprint density at radius 2 is 1.06 bits per heavy atom. The Bertz CT molecular complexity index is 3160. The second kappa shape index (κ2) is 12.3. The van der Waals surface area contributed by atoms with Crippen LogP contribution in [-0.2, 0) is 0 Å². The number of hydrogen-bond acceptors (Lipinski definition) is 5. The molecule has 0 fully saturated rings. The summed E-state index contributed by atoms with van der Waals surface area (Å²) < 4.78 is 15.3. The largest absolute Gasteiger partial charge is 0.456 e. The molecule has 3 aromatic heterocycles. The average Bonchev–Trinajstić information content (AvgIpc) is 3.95. The van der Waals surface area contributed by atoms with Crippen LogP contribution in [0.15, 0.2) is 191 Å². The maximum Gasteiger partial charge on any atom is 0.228 e. The molecule has 0 amide bonds. The van der Waals surface area contributed by atoms with Crippen LogP contribution in [0.2, 0.25) is 0 Å². The minimum absolute atomic E-state index is 0.576. The molecule has 0 bridgehead atoms. The van der Waals surface area contributed by atoms with E-state index in [0.29, 0.717) is 5.89 Å². The lowest BCUT2D eigenvalue weighted by atomic mass is 9.98. The van der Waals surface area contributed by atoms with E-state index in [0.717, 1.165) is 66.8 Å². The third kappa shape index (κ3) is 5.09. The zero-order valence-corrected chi connectivity index (χ0v) is 29.8. The van der Waals surface area contributed by atoms with Crippen molar-refractivity contribution in [1.29, 1.82) is 0 Å². The van der Waals surface area contributed by atoms with Crippen molar-refractivity contribution in [3.8, 4) is 33.7 Å². The van der Waals surface area contributed by atoms with Gasteiger partial charge in [0.25, 0.3) is 0 Å². The Hall–Kier alpha value is -6.95. The molecule has 4 nitrogen and oxygen atoms in total. The molecule has 0 radical (unpaired) electrons. The Balaban J connectivity index is 1.11. The second-order valence-electron chi connectivity index (χ2n) is 13.6. The highest BCUT2D eigenvalue weighted by atomic mass is 32.1. The summed E-state index contributed by atoms with van der Waals surface area (Å²) in [5.74, 6) is 0.576. The van der Waals surface area contributed by atoms with Crippen LogP contribution in [0.4, 0.5) is 17.1 Å². The molecular formula is C49H30N2O2S. The molecule has 5 heteroatoms.